The number of carbonyl (C=O) groups excluding carboxylic acids is 2. The smallest absolute Gasteiger partial charge is 0.342 e. The number of hydrogen-bond donors (Lipinski definition) is 0. The van der Waals surface area contributed by atoms with E-state index in [4.69, 9.17) is 0 Å². The summed E-state index contributed by atoms with van der Waals surface area (Å²) in [5.41, 5.74) is 0. The van der Waals surface area contributed by atoms with E-state index in [1.54, 1.807) is 0 Å². The van der Waals surface area contributed by atoms with Crippen LogP contribution in [-0.2, 0) is 17.2 Å². The molecule has 0 N–H and O–H groups in total. The summed E-state index contributed by atoms with van der Waals surface area (Å²) in [6, 6.07) is 0. The molecule has 0 heterocycles. The van der Waals surface area contributed by atoms with E-state index in [2.05, 4.69) is 40.2 Å². The van der Waals surface area contributed by atoms with Crippen molar-refractivity contribution >= 4 is 104 Å². The zero-order chi connectivity index (χ0) is 7.98. The fraction of sp³-hybridized carbons (Fsp3) is 0. The third kappa shape index (κ3) is 11.6. The summed E-state index contributed by atoms with van der Waals surface area (Å²) < 4.78 is 8.02. The molecular formula is C4H2Br2Na2O4. The van der Waals surface area contributed by atoms with Gasteiger partial charge in [-0.3, -0.25) is 0 Å². The van der Waals surface area contributed by atoms with Crippen LogP contribution in [0.25, 0.3) is 0 Å². The van der Waals surface area contributed by atoms with Crippen LogP contribution in [0.2, 0.25) is 0 Å². The summed E-state index contributed by atoms with van der Waals surface area (Å²) in [7, 11) is 0. The fourth-order valence-electron chi connectivity index (χ4n) is 0.188. The summed E-state index contributed by atoms with van der Waals surface area (Å²) in [5.74, 6) is -1.36. The van der Waals surface area contributed by atoms with Crippen molar-refractivity contribution in [1.29, 1.82) is 0 Å². The number of hydrogen-bond acceptors (Lipinski definition) is 4. The van der Waals surface area contributed by atoms with E-state index >= 15 is 0 Å². The zero-order valence-corrected chi connectivity index (χ0v) is 13.7. The van der Waals surface area contributed by atoms with Gasteiger partial charge in [0.25, 0.3) is 0 Å². The molecular weight excluding hydrogens is 318 g/mol. The molecule has 0 atom stereocenters. The largest absolute Gasteiger partial charge is 0.380 e. The molecule has 0 aliphatic heterocycles. The van der Waals surface area contributed by atoms with Gasteiger partial charge >= 0.3 is 11.9 Å². The maximum absolute atomic E-state index is 10.3. The van der Waals surface area contributed by atoms with E-state index in [1.807, 2.05) is 0 Å². The van der Waals surface area contributed by atoms with Gasteiger partial charge in [0.05, 0.1) is 0 Å². The summed E-state index contributed by atoms with van der Waals surface area (Å²) in [6.45, 7) is 0. The molecule has 0 spiro atoms. The second-order valence-corrected chi connectivity index (χ2v) is 1.77. The van der Waals surface area contributed by atoms with Crippen molar-refractivity contribution in [2.24, 2.45) is 0 Å². The van der Waals surface area contributed by atoms with Crippen molar-refractivity contribution in [3.8, 4) is 0 Å². The topological polar surface area (TPSA) is 52.6 Å². The minimum absolute atomic E-state index is 0. The van der Waals surface area contributed by atoms with Crippen LogP contribution in [0.4, 0.5) is 0 Å². The van der Waals surface area contributed by atoms with Crippen molar-refractivity contribution in [1.82, 2.24) is 0 Å². The average molecular weight is 320 g/mol. The minimum Gasteiger partial charge on any atom is -0.380 e. The van der Waals surface area contributed by atoms with Crippen molar-refractivity contribution in [2.75, 3.05) is 0 Å². The number of carbonyl (C=O) groups is 2. The minimum atomic E-state index is -0.682. The molecule has 0 aromatic rings. The van der Waals surface area contributed by atoms with E-state index in [1.165, 1.54) is 0 Å². The van der Waals surface area contributed by atoms with Crippen LogP contribution in [0.1, 0.15) is 0 Å². The van der Waals surface area contributed by atoms with E-state index in [-0.39, 0.29) is 59.1 Å². The SMILES string of the molecule is O=C(/C=C\C(=O)OBr)OBr.[Na].[Na]. The molecule has 0 aromatic heterocycles. The normalized spacial score (nSPS) is 7.83. The van der Waals surface area contributed by atoms with Crippen LogP contribution in [0.15, 0.2) is 12.2 Å². The van der Waals surface area contributed by atoms with Gasteiger partial charge in [-0.1, -0.05) is 0 Å². The number of rotatable bonds is 2. The Bertz CT molecular complexity index is 154. The Kier molecular flexibility index (Phi) is 20.3. The Morgan fingerprint density at radius 2 is 1.17 bits per heavy atom. The molecule has 0 rings (SSSR count). The average Bonchev–Trinajstić information content (AvgIpc) is 1.99. The summed E-state index contributed by atoms with van der Waals surface area (Å²) >= 11 is 4.84. The van der Waals surface area contributed by atoms with E-state index in [0.717, 1.165) is 12.2 Å². The molecule has 0 unspecified atom stereocenters. The molecule has 8 heteroatoms. The van der Waals surface area contributed by atoms with Gasteiger partial charge in [-0.15, -0.1) is 0 Å². The molecule has 0 fully saturated rings. The van der Waals surface area contributed by atoms with Crippen molar-refractivity contribution in [3.05, 3.63) is 12.2 Å². The Hall–Kier alpha value is 1.64. The molecule has 0 aromatic carbocycles. The van der Waals surface area contributed by atoms with Gasteiger partial charge in [-0.2, -0.15) is 0 Å². The summed E-state index contributed by atoms with van der Waals surface area (Å²) in [5, 5.41) is 0. The van der Waals surface area contributed by atoms with Gasteiger partial charge in [0.15, 0.2) is 32.5 Å². The third-order valence-electron chi connectivity index (χ3n) is 0.508. The van der Waals surface area contributed by atoms with Crippen LogP contribution in [0.3, 0.4) is 0 Å². The first-order valence-corrected chi connectivity index (χ1v) is 3.33. The first kappa shape index (κ1) is 19.2. The Labute approximate surface area is 131 Å². The second kappa shape index (κ2) is 12.6. The molecule has 0 amide bonds. The Morgan fingerprint density at radius 3 is 1.33 bits per heavy atom. The van der Waals surface area contributed by atoms with Crippen molar-refractivity contribution in [3.63, 3.8) is 0 Å². The van der Waals surface area contributed by atoms with Gasteiger partial charge in [0.2, 0.25) is 0 Å². The van der Waals surface area contributed by atoms with Crippen molar-refractivity contribution < 1.29 is 17.2 Å². The molecule has 0 aliphatic carbocycles. The predicted molar refractivity (Wildman–Crippen MR) is 50.7 cm³/mol. The van der Waals surface area contributed by atoms with Crippen molar-refractivity contribution in [2.45, 2.75) is 0 Å². The quantitative estimate of drug-likeness (QED) is 0.549. The van der Waals surface area contributed by atoms with Gasteiger partial charge < -0.3 is 7.66 Å². The van der Waals surface area contributed by atoms with Crippen LogP contribution >= 0.6 is 32.5 Å². The first-order valence-electron chi connectivity index (χ1n) is 2.04. The van der Waals surface area contributed by atoms with Crippen LogP contribution in [0.5, 0.6) is 0 Å². The van der Waals surface area contributed by atoms with Gasteiger partial charge in [-0.05, 0) is 0 Å². The van der Waals surface area contributed by atoms with Crippen LogP contribution in [-0.4, -0.2) is 71.1 Å². The molecule has 58 valence electrons. The zero-order valence-electron chi connectivity index (χ0n) is 6.54. The molecule has 2 radical (unpaired) electrons. The first-order chi connectivity index (χ1) is 4.70. The monoisotopic (exact) mass is 318 g/mol. The molecule has 0 saturated carbocycles. The van der Waals surface area contributed by atoms with Gasteiger partial charge in [-0.25, -0.2) is 9.59 Å². The van der Waals surface area contributed by atoms with Crippen LogP contribution in [0, 0.1) is 0 Å². The fourth-order valence-corrected chi connectivity index (χ4v) is 0.403. The standard InChI is InChI=1S/C4H2Br2O4.2Na/c5-9-3(7)1-2-4(8)10-6;;/h1-2H;;/b2-1-;;. The molecule has 0 saturated heterocycles. The molecule has 12 heavy (non-hydrogen) atoms. The van der Waals surface area contributed by atoms with Gasteiger partial charge in [0.1, 0.15) is 0 Å². The summed E-state index contributed by atoms with van der Waals surface area (Å²) in [4.78, 5) is 20.5. The maximum Gasteiger partial charge on any atom is 0.342 e. The Balaban J connectivity index is -0.000000405. The number of halogens is 2. The van der Waals surface area contributed by atoms with E-state index in [9.17, 15) is 9.59 Å². The molecule has 0 bridgehead atoms. The van der Waals surface area contributed by atoms with E-state index < -0.39 is 11.9 Å². The van der Waals surface area contributed by atoms with Gasteiger partial charge in [0, 0.05) is 71.3 Å². The summed E-state index contributed by atoms with van der Waals surface area (Å²) in [6.07, 6.45) is 1.83. The molecule has 4 nitrogen and oxygen atoms in total. The molecule has 0 aliphatic rings. The van der Waals surface area contributed by atoms with Crippen LogP contribution < -0.4 is 0 Å². The maximum atomic E-state index is 10.3. The Morgan fingerprint density at radius 1 is 0.917 bits per heavy atom. The predicted octanol–water partition coefficient (Wildman–Crippen LogP) is 0.487. The van der Waals surface area contributed by atoms with E-state index in [0.29, 0.717) is 0 Å². The second-order valence-electron chi connectivity index (χ2n) is 1.13. The third-order valence-corrected chi connectivity index (χ3v) is 1.15.